The van der Waals surface area contributed by atoms with Crippen LogP contribution in [0, 0.1) is 6.92 Å². The van der Waals surface area contributed by atoms with Crippen LogP contribution in [0.3, 0.4) is 0 Å². The smallest absolute Gasteiger partial charge is 0.227 e. The van der Waals surface area contributed by atoms with E-state index < -0.39 is 0 Å². The molecule has 0 unspecified atom stereocenters. The number of oxazole rings is 1. The number of benzene rings is 1. The molecule has 5 heteroatoms. The zero-order chi connectivity index (χ0) is 13.7. The molecule has 0 fully saturated rings. The SMILES string of the molecule is COc1ccc(CNC(=O)Cc2ocnc2C)cc1. The summed E-state index contributed by atoms with van der Waals surface area (Å²) in [5.41, 5.74) is 1.77. The fraction of sp³-hybridized carbons (Fsp3) is 0.286. The van der Waals surface area contributed by atoms with Gasteiger partial charge in [0.25, 0.3) is 0 Å². The summed E-state index contributed by atoms with van der Waals surface area (Å²) >= 11 is 0. The summed E-state index contributed by atoms with van der Waals surface area (Å²) in [5, 5.41) is 2.83. The standard InChI is InChI=1S/C14H16N2O3/c1-10-13(19-9-16-10)7-14(17)15-8-11-3-5-12(18-2)6-4-11/h3-6,9H,7-8H2,1-2H3,(H,15,17). The van der Waals surface area contributed by atoms with Gasteiger partial charge in [-0.2, -0.15) is 0 Å². The quantitative estimate of drug-likeness (QED) is 0.891. The lowest BCUT2D eigenvalue weighted by molar-refractivity contribution is -0.120. The predicted molar refractivity (Wildman–Crippen MR) is 69.8 cm³/mol. The number of nitrogens with zero attached hydrogens (tertiary/aromatic N) is 1. The molecule has 2 rings (SSSR count). The number of carbonyl (C=O) groups is 1. The molecule has 1 aromatic carbocycles. The summed E-state index contributed by atoms with van der Waals surface area (Å²) < 4.78 is 10.2. The minimum atomic E-state index is -0.0873. The number of nitrogens with one attached hydrogen (secondary N) is 1. The highest BCUT2D eigenvalue weighted by Gasteiger charge is 2.09. The zero-order valence-corrected chi connectivity index (χ0v) is 11.0. The second-order valence-electron chi connectivity index (χ2n) is 4.16. The number of hydrogen-bond donors (Lipinski definition) is 1. The summed E-state index contributed by atoms with van der Waals surface area (Å²) in [6, 6.07) is 7.56. The second-order valence-corrected chi connectivity index (χ2v) is 4.16. The lowest BCUT2D eigenvalue weighted by Gasteiger charge is -2.05. The van der Waals surface area contributed by atoms with E-state index in [1.165, 1.54) is 6.39 Å². The van der Waals surface area contributed by atoms with E-state index in [1.54, 1.807) is 7.11 Å². The Kier molecular flexibility index (Phi) is 4.18. The third kappa shape index (κ3) is 3.58. The van der Waals surface area contributed by atoms with Gasteiger partial charge in [0.1, 0.15) is 11.5 Å². The number of aromatic nitrogens is 1. The summed E-state index contributed by atoms with van der Waals surface area (Å²) in [6.45, 7) is 2.30. The third-order valence-electron chi connectivity index (χ3n) is 2.81. The van der Waals surface area contributed by atoms with Crippen molar-refractivity contribution >= 4 is 5.91 Å². The molecule has 0 saturated heterocycles. The van der Waals surface area contributed by atoms with E-state index in [0.717, 1.165) is 17.0 Å². The average Bonchev–Trinajstić information content (AvgIpc) is 2.82. The van der Waals surface area contributed by atoms with Crippen LogP contribution in [-0.2, 0) is 17.8 Å². The Hall–Kier alpha value is -2.30. The summed E-state index contributed by atoms with van der Waals surface area (Å²) in [6.07, 6.45) is 1.56. The normalized spacial score (nSPS) is 10.2. The molecule has 1 N–H and O–H groups in total. The number of aryl methyl sites for hydroxylation is 1. The molecule has 0 spiro atoms. The van der Waals surface area contributed by atoms with E-state index in [1.807, 2.05) is 31.2 Å². The third-order valence-corrected chi connectivity index (χ3v) is 2.81. The first kappa shape index (κ1) is 13.1. The molecule has 19 heavy (non-hydrogen) atoms. The monoisotopic (exact) mass is 260 g/mol. The Morgan fingerprint density at radius 2 is 2.11 bits per heavy atom. The molecule has 100 valence electrons. The van der Waals surface area contributed by atoms with Crippen molar-refractivity contribution in [3.63, 3.8) is 0 Å². The van der Waals surface area contributed by atoms with Crippen LogP contribution in [0.25, 0.3) is 0 Å². The van der Waals surface area contributed by atoms with Crippen molar-refractivity contribution in [2.75, 3.05) is 7.11 Å². The number of ether oxygens (including phenoxy) is 1. The van der Waals surface area contributed by atoms with Gasteiger partial charge in [0.15, 0.2) is 6.39 Å². The molecule has 2 aromatic rings. The van der Waals surface area contributed by atoms with Crippen molar-refractivity contribution < 1.29 is 13.9 Å². The molecule has 0 radical (unpaired) electrons. The van der Waals surface area contributed by atoms with E-state index in [2.05, 4.69) is 10.3 Å². The Morgan fingerprint density at radius 1 is 1.37 bits per heavy atom. The van der Waals surface area contributed by atoms with Crippen LogP contribution < -0.4 is 10.1 Å². The second kappa shape index (κ2) is 6.04. The Labute approximate surface area is 111 Å². The Balaban J connectivity index is 1.84. The predicted octanol–water partition coefficient (Wildman–Crippen LogP) is 1.85. The largest absolute Gasteiger partial charge is 0.497 e. The van der Waals surface area contributed by atoms with Crippen molar-refractivity contribution in [2.45, 2.75) is 19.9 Å². The van der Waals surface area contributed by atoms with Crippen molar-refractivity contribution in [3.8, 4) is 5.75 Å². The zero-order valence-electron chi connectivity index (χ0n) is 11.0. The molecule has 0 aliphatic carbocycles. The molecule has 1 amide bonds. The van der Waals surface area contributed by atoms with Gasteiger partial charge in [-0.25, -0.2) is 4.98 Å². The van der Waals surface area contributed by atoms with Crippen LogP contribution >= 0.6 is 0 Å². The fourth-order valence-corrected chi connectivity index (χ4v) is 1.65. The molecule has 0 aliphatic heterocycles. The first-order valence-electron chi connectivity index (χ1n) is 5.97. The lowest BCUT2D eigenvalue weighted by Crippen LogP contribution is -2.24. The van der Waals surface area contributed by atoms with Crippen LogP contribution in [0.15, 0.2) is 35.1 Å². The van der Waals surface area contributed by atoms with Gasteiger partial charge in [-0.15, -0.1) is 0 Å². The molecule has 0 atom stereocenters. The molecular formula is C14H16N2O3. The van der Waals surface area contributed by atoms with E-state index in [4.69, 9.17) is 9.15 Å². The minimum absolute atomic E-state index is 0.0873. The van der Waals surface area contributed by atoms with E-state index >= 15 is 0 Å². The molecule has 0 saturated carbocycles. The maximum absolute atomic E-state index is 11.7. The van der Waals surface area contributed by atoms with Crippen LogP contribution in [0.2, 0.25) is 0 Å². The minimum Gasteiger partial charge on any atom is -0.497 e. The van der Waals surface area contributed by atoms with Gasteiger partial charge in [-0.3, -0.25) is 4.79 Å². The van der Waals surface area contributed by atoms with Crippen LogP contribution in [0.5, 0.6) is 5.75 Å². The summed E-state index contributed by atoms with van der Waals surface area (Å²) in [4.78, 5) is 15.7. The van der Waals surface area contributed by atoms with Gasteiger partial charge in [0.2, 0.25) is 5.91 Å². The van der Waals surface area contributed by atoms with Crippen LogP contribution in [-0.4, -0.2) is 18.0 Å². The van der Waals surface area contributed by atoms with Crippen molar-refractivity contribution in [1.82, 2.24) is 10.3 Å². The number of methoxy groups -OCH3 is 1. The molecule has 5 nitrogen and oxygen atoms in total. The van der Waals surface area contributed by atoms with E-state index in [9.17, 15) is 4.79 Å². The first-order chi connectivity index (χ1) is 9.19. The highest BCUT2D eigenvalue weighted by Crippen LogP contribution is 2.11. The number of carbonyl (C=O) groups excluding carboxylic acids is 1. The maximum atomic E-state index is 11.7. The number of amides is 1. The van der Waals surface area contributed by atoms with Gasteiger partial charge < -0.3 is 14.5 Å². The summed E-state index contributed by atoms with van der Waals surface area (Å²) in [7, 11) is 1.62. The van der Waals surface area contributed by atoms with Gasteiger partial charge >= 0.3 is 0 Å². The topological polar surface area (TPSA) is 64.4 Å². The van der Waals surface area contributed by atoms with Crippen molar-refractivity contribution in [2.24, 2.45) is 0 Å². The van der Waals surface area contributed by atoms with Crippen molar-refractivity contribution in [1.29, 1.82) is 0 Å². The number of rotatable bonds is 5. The Bertz CT molecular complexity index is 546. The average molecular weight is 260 g/mol. The van der Waals surface area contributed by atoms with E-state index in [0.29, 0.717) is 12.3 Å². The maximum Gasteiger partial charge on any atom is 0.227 e. The van der Waals surface area contributed by atoms with Gasteiger partial charge in [-0.05, 0) is 24.6 Å². The molecule has 1 aromatic heterocycles. The highest BCUT2D eigenvalue weighted by atomic mass is 16.5. The first-order valence-corrected chi connectivity index (χ1v) is 5.97. The van der Waals surface area contributed by atoms with E-state index in [-0.39, 0.29) is 12.3 Å². The van der Waals surface area contributed by atoms with Crippen molar-refractivity contribution in [3.05, 3.63) is 47.7 Å². The molecule has 0 bridgehead atoms. The molecule has 1 heterocycles. The van der Waals surface area contributed by atoms with Gasteiger partial charge in [-0.1, -0.05) is 12.1 Å². The molecular weight excluding hydrogens is 244 g/mol. The molecule has 0 aliphatic rings. The highest BCUT2D eigenvalue weighted by molar-refractivity contribution is 5.78. The van der Waals surface area contributed by atoms with Crippen LogP contribution in [0.1, 0.15) is 17.0 Å². The summed E-state index contributed by atoms with van der Waals surface area (Å²) in [5.74, 6) is 1.32. The number of hydrogen-bond acceptors (Lipinski definition) is 4. The Morgan fingerprint density at radius 3 is 2.68 bits per heavy atom. The van der Waals surface area contributed by atoms with Gasteiger partial charge in [0, 0.05) is 6.54 Å². The van der Waals surface area contributed by atoms with Gasteiger partial charge in [0.05, 0.1) is 19.2 Å². The fourth-order valence-electron chi connectivity index (χ4n) is 1.65. The lowest BCUT2D eigenvalue weighted by atomic mass is 10.2. The van der Waals surface area contributed by atoms with Crippen LogP contribution in [0.4, 0.5) is 0 Å².